The quantitative estimate of drug-likeness (QED) is 0.623. The van der Waals surface area contributed by atoms with Crippen LogP contribution < -0.4 is 9.54 Å². The van der Waals surface area contributed by atoms with Crippen LogP contribution in [0.4, 0.5) is 10.1 Å². The second-order valence-electron chi connectivity index (χ2n) is 5.89. The summed E-state index contributed by atoms with van der Waals surface area (Å²) in [6, 6.07) is 14.2. The van der Waals surface area contributed by atoms with Gasteiger partial charge in [-0.2, -0.15) is 0 Å². The summed E-state index contributed by atoms with van der Waals surface area (Å²) in [6.07, 6.45) is 0. The molecule has 0 aliphatic heterocycles. The van der Waals surface area contributed by atoms with Gasteiger partial charge in [-0.3, -0.25) is 0 Å². The molecule has 1 aromatic heterocycles. The molecule has 0 aliphatic rings. The van der Waals surface area contributed by atoms with Crippen molar-refractivity contribution in [3.8, 4) is 17.0 Å². The Bertz CT molecular complexity index is 914. The minimum Gasteiger partial charge on any atom is -0.497 e. The van der Waals surface area contributed by atoms with Crippen molar-refractivity contribution in [3.05, 3.63) is 64.5 Å². The molecule has 1 unspecified atom stereocenters. The molecule has 0 radical (unpaired) electrons. The summed E-state index contributed by atoms with van der Waals surface area (Å²) in [4.78, 5) is 5.64. The van der Waals surface area contributed by atoms with Gasteiger partial charge in [0.15, 0.2) is 4.80 Å². The normalized spacial score (nSPS) is 13.0. The molecule has 1 atom stereocenters. The van der Waals surface area contributed by atoms with E-state index < -0.39 is 0 Å². The zero-order chi connectivity index (χ0) is 18.5. The molecule has 3 aromatic rings. The second kappa shape index (κ2) is 8.29. The molecule has 0 saturated carbocycles. The van der Waals surface area contributed by atoms with Gasteiger partial charge in [0.1, 0.15) is 11.6 Å². The molecule has 26 heavy (non-hydrogen) atoms. The molecule has 0 spiro atoms. The van der Waals surface area contributed by atoms with Gasteiger partial charge in [0.25, 0.3) is 0 Å². The summed E-state index contributed by atoms with van der Waals surface area (Å²) in [5.74, 6) is 0.548. The number of benzene rings is 2. The number of rotatable bonds is 6. The summed E-state index contributed by atoms with van der Waals surface area (Å²) in [6.45, 7) is 2.64. The molecule has 1 heterocycles. The fourth-order valence-electron chi connectivity index (χ4n) is 2.74. The SMILES string of the molecule is COCC(C)n1c(-c2ccc(F)cc2)csc1=Nc1ccc(OC)cc1. The molecule has 4 nitrogen and oxygen atoms in total. The summed E-state index contributed by atoms with van der Waals surface area (Å²) >= 11 is 1.55. The van der Waals surface area contributed by atoms with Crippen LogP contribution in [0.5, 0.6) is 5.75 Å². The van der Waals surface area contributed by atoms with Crippen molar-refractivity contribution in [2.45, 2.75) is 13.0 Å². The lowest BCUT2D eigenvalue weighted by atomic mass is 10.1. The molecular formula is C20H21FN2O2S. The van der Waals surface area contributed by atoms with E-state index in [1.54, 1.807) is 37.7 Å². The van der Waals surface area contributed by atoms with E-state index in [0.29, 0.717) is 6.61 Å². The van der Waals surface area contributed by atoms with Gasteiger partial charge in [-0.1, -0.05) is 0 Å². The number of ether oxygens (including phenoxy) is 2. The molecule has 136 valence electrons. The lowest BCUT2D eigenvalue weighted by Gasteiger charge is -2.16. The van der Waals surface area contributed by atoms with Crippen molar-refractivity contribution in [2.24, 2.45) is 4.99 Å². The predicted molar refractivity (Wildman–Crippen MR) is 103 cm³/mol. The third-order valence-corrected chi connectivity index (χ3v) is 4.87. The standard InChI is InChI=1S/C20H21FN2O2S/c1-14(12-24-2)23-19(15-4-6-16(21)7-5-15)13-26-20(23)22-17-8-10-18(25-3)11-9-17/h4-11,13-14H,12H2,1-3H3. The average Bonchev–Trinajstić information content (AvgIpc) is 3.07. The maximum Gasteiger partial charge on any atom is 0.190 e. The van der Waals surface area contributed by atoms with Gasteiger partial charge in [0.2, 0.25) is 0 Å². The van der Waals surface area contributed by atoms with Gasteiger partial charge in [-0.15, -0.1) is 11.3 Å². The Morgan fingerprint density at radius 1 is 1.08 bits per heavy atom. The first kappa shape index (κ1) is 18.4. The first-order valence-corrected chi connectivity index (χ1v) is 9.14. The minimum absolute atomic E-state index is 0.0864. The van der Waals surface area contributed by atoms with Crippen LogP contribution in [0.2, 0.25) is 0 Å². The number of methoxy groups -OCH3 is 2. The van der Waals surface area contributed by atoms with Crippen molar-refractivity contribution < 1.29 is 13.9 Å². The highest BCUT2D eigenvalue weighted by Crippen LogP contribution is 2.25. The summed E-state index contributed by atoms with van der Waals surface area (Å²) < 4.78 is 25.9. The molecule has 0 aliphatic carbocycles. The van der Waals surface area contributed by atoms with E-state index in [9.17, 15) is 4.39 Å². The van der Waals surface area contributed by atoms with Crippen LogP contribution in [0, 0.1) is 5.82 Å². The topological polar surface area (TPSA) is 35.8 Å². The highest BCUT2D eigenvalue weighted by atomic mass is 32.1. The second-order valence-corrected chi connectivity index (χ2v) is 6.73. The Morgan fingerprint density at radius 2 is 1.77 bits per heavy atom. The highest BCUT2D eigenvalue weighted by Gasteiger charge is 2.14. The van der Waals surface area contributed by atoms with Crippen LogP contribution >= 0.6 is 11.3 Å². The van der Waals surface area contributed by atoms with E-state index in [1.807, 2.05) is 29.6 Å². The Morgan fingerprint density at radius 3 is 2.38 bits per heavy atom. The van der Waals surface area contributed by atoms with Gasteiger partial charge in [-0.05, 0) is 61.0 Å². The van der Waals surface area contributed by atoms with Crippen molar-refractivity contribution in [1.29, 1.82) is 0 Å². The molecule has 6 heteroatoms. The molecule has 2 aromatic carbocycles. The fraction of sp³-hybridized carbons (Fsp3) is 0.250. The number of aromatic nitrogens is 1. The minimum atomic E-state index is -0.247. The molecule has 0 bridgehead atoms. The maximum absolute atomic E-state index is 13.3. The number of halogens is 1. The van der Waals surface area contributed by atoms with E-state index in [-0.39, 0.29) is 11.9 Å². The number of hydrogen-bond donors (Lipinski definition) is 0. The predicted octanol–water partition coefficient (Wildman–Crippen LogP) is 4.80. The first-order chi connectivity index (χ1) is 12.6. The van der Waals surface area contributed by atoms with Crippen LogP contribution in [0.25, 0.3) is 11.3 Å². The Balaban J connectivity index is 2.09. The number of thiazole rings is 1. The first-order valence-electron chi connectivity index (χ1n) is 8.26. The lowest BCUT2D eigenvalue weighted by molar-refractivity contribution is 0.162. The van der Waals surface area contributed by atoms with E-state index in [4.69, 9.17) is 14.5 Å². The molecular weight excluding hydrogens is 351 g/mol. The zero-order valence-electron chi connectivity index (χ0n) is 15.0. The largest absolute Gasteiger partial charge is 0.497 e. The van der Waals surface area contributed by atoms with Gasteiger partial charge in [0.05, 0.1) is 31.1 Å². The van der Waals surface area contributed by atoms with Crippen LogP contribution in [0.15, 0.2) is 58.9 Å². The van der Waals surface area contributed by atoms with E-state index in [0.717, 1.165) is 27.5 Å². The third-order valence-electron chi connectivity index (χ3n) is 4.03. The molecule has 3 rings (SSSR count). The third kappa shape index (κ3) is 4.03. The smallest absolute Gasteiger partial charge is 0.190 e. The van der Waals surface area contributed by atoms with Gasteiger partial charge in [-0.25, -0.2) is 9.38 Å². The number of hydrogen-bond acceptors (Lipinski definition) is 4. The van der Waals surface area contributed by atoms with Crippen molar-refractivity contribution in [2.75, 3.05) is 20.8 Å². The van der Waals surface area contributed by atoms with Crippen LogP contribution in [-0.2, 0) is 4.74 Å². The van der Waals surface area contributed by atoms with Crippen molar-refractivity contribution in [3.63, 3.8) is 0 Å². The molecule has 0 N–H and O–H groups in total. The molecule has 0 amide bonds. The van der Waals surface area contributed by atoms with Crippen LogP contribution in [0.3, 0.4) is 0 Å². The van der Waals surface area contributed by atoms with Crippen LogP contribution in [-0.4, -0.2) is 25.4 Å². The van der Waals surface area contributed by atoms with Gasteiger partial charge in [0, 0.05) is 12.5 Å². The van der Waals surface area contributed by atoms with E-state index >= 15 is 0 Å². The summed E-state index contributed by atoms with van der Waals surface area (Å²) in [5, 5.41) is 2.04. The average molecular weight is 372 g/mol. The Kier molecular flexibility index (Phi) is 5.85. The van der Waals surface area contributed by atoms with Crippen molar-refractivity contribution in [1.82, 2.24) is 4.57 Å². The van der Waals surface area contributed by atoms with Crippen LogP contribution in [0.1, 0.15) is 13.0 Å². The van der Waals surface area contributed by atoms with Crippen molar-refractivity contribution >= 4 is 17.0 Å². The zero-order valence-corrected chi connectivity index (χ0v) is 15.8. The van der Waals surface area contributed by atoms with E-state index in [2.05, 4.69) is 11.5 Å². The van der Waals surface area contributed by atoms with Gasteiger partial charge >= 0.3 is 0 Å². The summed E-state index contributed by atoms with van der Waals surface area (Å²) in [7, 11) is 3.32. The molecule has 0 fully saturated rings. The molecule has 0 saturated heterocycles. The number of nitrogens with zero attached hydrogens (tertiary/aromatic N) is 2. The Labute approximate surface area is 156 Å². The summed E-state index contributed by atoms with van der Waals surface area (Å²) in [5.41, 5.74) is 2.78. The van der Waals surface area contributed by atoms with Gasteiger partial charge < -0.3 is 14.0 Å². The Hall–Kier alpha value is -2.44. The maximum atomic E-state index is 13.3. The van der Waals surface area contributed by atoms with E-state index in [1.165, 1.54) is 12.1 Å². The lowest BCUT2D eigenvalue weighted by Crippen LogP contribution is -2.22. The fourth-order valence-corrected chi connectivity index (χ4v) is 3.76. The monoisotopic (exact) mass is 372 g/mol. The highest BCUT2D eigenvalue weighted by molar-refractivity contribution is 7.07.